The van der Waals surface area contributed by atoms with Crippen LogP contribution in [0.2, 0.25) is 0 Å². The van der Waals surface area contributed by atoms with Gasteiger partial charge in [-0.05, 0) is 19.9 Å². The fourth-order valence-electron chi connectivity index (χ4n) is 1.10. The van der Waals surface area contributed by atoms with Gasteiger partial charge in [-0.25, -0.2) is 9.59 Å². The second-order valence-electron chi connectivity index (χ2n) is 2.97. The predicted octanol–water partition coefficient (Wildman–Crippen LogP) is -0.0504. The second-order valence-corrected chi connectivity index (χ2v) is 2.97. The standard InChI is InChI=1S/C9H13N3O3/c1-3-15-8(13)6(2)12-5-4-7(10)11-9(12)14/h4-6H,3H2,1-2H3,(H2,10,11,14). The van der Waals surface area contributed by atoms with Crippen molar-refractivity contribution in [2.24, 2.45) is 0 Å². The Balaban J connectivity index is 2.96. The highest BCUT2D eigenvalue weighted by atomic mass is 16.5. The van der Waals surface area contributed by atoms with E-state index in [1.807, 2.05) is 0 Å². The summed E-state index contributed by atoms with van der Waals surface area (Å²) in [6.07, 6.45) is 1.42. The molecule has 6 nitrogen and oxygen atoms in total. The van der Waals surface area contributed by atoms with E-state index in [4.69, 9.17) is 10.5 Å². The summed E-state index contributed by atoms with van der Waals surface area (Å²) < 4.78 is 5.96. The van der Waals surface area contributed by atoms with E-state index in [0.29, 0.717) is 0 Å². The van der Waals surface area contributed by atoms with Crippen LogP contribution in [0, 0.1) is 0 Å². The van der Waals surface area contributed by atoms with Crippen LogP contribution in [0.5, 0.6) is 0 Å². The maximum absolute atomic E-state index is 11.4. The molecule has 1 unspecified atom stereocenters. The van der Waals surface area contributed by atoms with E-state index in [0.717, 1.165) is 0 Å². The molecular weight excluding hydrogens is 198 g/mol. The van der Waals surface area contributed by atoms with Gasteiger partial charge in [0.1, 0.15) is 11.9 Å². The Bertz CT molecular complexity index is 413. The van der Waals surface area contributed by atoms with E-state index in [1.165, 1.54) is 16.8 Å². The van der Waals surface area contributed by atoms with Crippen LogP contribution in [0.3, 0.4) is 0 Å². The van der Waals surface area contributed by atoms with Gasteiger partial charge in [0.2, 0.25) is 0 Å². The molecule has 1 atom stereocenters. The van der Waals surface area contributed by atoms with Crippen LogP contribution < -0.4 is 11.4 Å². The van der Waals surface area contributed by atoms with Gasteiger partial charge in [-0.2, -0.15) is 4.98 Å². The molecule has 6 heteroatoms. The zero-order chi connectivity index (χ0) is 11.4. The topological polar surface area (TPSA) is 87.2 Å². The van der Waals surface area contributed by atoms with Gasteiger partial charge in [0, 0.05) is 6.20 Å². The summed E-state index contributed by atoms with van der Waals surface area (Å²) in [5.41, 5.74) is 4.76. The average molecular weight is 211 g/mol. The number of carbonyl (C=O) groups is 1. The number of esters is 1. The summed E-state index contributed by atoms with van der Waals surface area (Å²) in [5.74, 6) is -0.335. The summed E-state index contributed by atoms with van der Waals surface area (Å²) in [4.78, 5) is 26.2. The van der Waals surface area contributed by atoms with Gasteiger partial charge >= 0.3 is 11.7 Å². The van der Waals surface area contributed by atoms with Crippen molar-refractivity contribution in [3.05, 3.63) is 22.7 Å². The van der Waals surface area contributed by atoms with E-state index in [1.54, 1.807) is 13.8 Å². The molecule has 2 N–H and O–H groups in total. The van der Waals surface area contributed by atoms with Gasteiger partial charge in [0.05, 0.1) is 6.61 Å². The molecule has 0 aliphatic rings. The van der Waals surface area contributed by atoms with Gasteiger partial charge in [0.25, 0.3) is 0 Å². The fourth-order valence-corrected chi connectivity index (χ4v) is 1.10. The number of anilines is 1. The molecule has 1 aromatic heterocycles. The van der Waals surface area contributed by atoms with Gasteiger partial charge in [-0.1, -0.05) is 0 Å². The number of aromatic nitrogens is 2. The lowest BCUT2D eigenvalue weighted by atomic mass is 10.3. The number of carbonyl (C=O) groups excluding carboxylic acids is 1. The van der Waals surface area contributed by atoms with Gasteiger partial charge < -0.3 is 10.5 Å². The number of ether oxygens (including phenoxy) is 1. The summed E-state index contributed by atoms with van der Waals surface area (Å²) in [6, 6.07) is 0.766. The molecule has 0 aliphatic carbocycles. The van der Waals surface area contributed by atoms with Crippen molar-refractivity contribution in [2.75, 3.05) is 12.3 Å². The monoisotopic (exact) mass is 211 g/mol. The number of nitrogens with two attached hydrogens (primary N) is 1. The Morgan fingerprint density at radius 3 is 2.93 bits per heavy atom. The van der Waals surface area contributed by atoms with Crippen molar-refractivity contribution < 1.29 is 9.53 Å². The summed E-state index contributed by atoms with van der Waals surface area (Å²) >= 11 is 0. The van der Waals surface area contributed by atoms with Crippen molar-refractivity contribution in [1.82, 2.24) is 9.55 Å². The second kappa shape index (κ2) is 4.59. The molecule has 0 amide bonds. The number of hydrogen-bond donors (Lipinski definition) is 1. The van der Waals surface area contributed by atoms with E-state index < -0.39 is 17.7 Å². The van der Waals surface area contributed by atoms with Crippen LogP contribution in [0.1, 0.15) is 19.9 Å². The van der Waals surface area contributed by atoms with Crippen molar-refractivity contribution >= 4 is 11.8 Å². The maximum atomic E-state index is 11.4. The first-order valence-electron chi connectivity index (χ1n) is 4.57. The smallest absolute Gasteiger partial charge is 0.350 e. The number of rotatable bonds is 3. The van der Waals surface area contributed by atoms with E-state index in [-0.39, 0.29) is 12.4 Å². The van der Waals surface area contributed by atoms with Crippen LogP contribution in [0.15, 0.2) is 17.1 Å². The molecule has 0 fully saturated rings. The Kier molecular flexibility index (Phi) is 3.43. The molecule has 0 saturated heterocycles. The quantitative estimate of drug-likeness (QED) is 0.708. The molecule has 0 aliphatic heterocycles. The third kappa shape index (κ3) is 2.55. The number of nitrogens with zero attached hydrogens (tertiary/aromatic N) is 2. The Morgan fingerprint density at radius 2 is 2.40 bits per heavy atom. The Labute approximate surface area is 86.7 Å². The zero-order valence-corrected chi connectivity index (χ0v) is 8.64. The molecule has 15 heavy (non-hydrogen) atoms. The average Bonchev–Trinajstić information content (AvgIpc) is 2.17. The van der Waals surface area contributed by atoms with Crippen molar-refractivity contribution in [3.8, 4) is 0 Å². The molecule has 0 radical (unpaired) electrons. The fraction of sp³-hybridized carbons (Fsp3) is 0.444. The van der Waals surface area contributed by atoms with Crippen molar-refractivity contribution in [3.63, 3.8) is 0 Å². The lowest BCUT2D eigenvalue weighted by Crippen LogP contribution is -2.30. The first kappa shape index (κ1) is 11.2. The van der Waals surface area contributed by atoms with Crippen LogP contribution in [0.4, 0.5) is 5.82 Å². The largest absolute Gasteiger partial charge is 0.464 e. The van der Waals surface area contributed by atoms with Crippen LogP contribution in [-0.4, -0.2) is 22.1 Å². The predicted molar refractivity (Wildman–Crippen MR) is 54.3 cm³/mol. The third-order valence-electron chi connectivity index (χ3n) is 1.90. The molecule has 0 aromatic carbocycles. The highest BCUT2D eigenvalue weighted by Gasteiger charge is 2.17. The first-order valence-corrected chi connectivity index (χ1v) is 4.57. The SMILES string of the molecule is CCOC(=O)C(C)n1ccc(N)nc1=O. The molecule has 0 spiro atoms. The summed E-state index contributed by atoms with van der Waals surface area (Å²) in [7, 11) is 0. The van der Waals surface area contributed by atoms with Crippen LogP contribution in [0.25, 0.3) is 0 Å². The maximum Gasteiger partial charge on any atom is 0.350 e. The third-order valence-corrected chi connectivity index (χ3v) is 1.90. The van der Waals surface area contributed by atoms with Crippen LogP contribution >= 0.6 is 0 Å². The molecule has 1 aromatic rings. The van der Waals surface area contributed by atoms with Gasteiger partial charge in [0.15, 0.2) is 0 Å². The zero-order valence-electron chi connectivity index (χ0n) is 8.64. The molecule has 1 rings (SSSR count). The normalized spacial score (nSPS) is 12.1. The lowest BCUT2D eigenvalue weighted by molar-refractivity contribution is -0.146. The van der Waals surface area contributed by atoms with Crippen LogP contribution in [-0.2, 0) is 9.53 Å². The lowest BCUT2D eigenvalue weighted by Gasteiger charge is -2.12. The van der Waals surface area contributed by atoms with Crippen molar-refractivity contribution in [2.45, 2.75) is 19.9 Å². The number of hydrogen-bond acceptors (Lipinski definition) is 5. The van der Waals surface area contributed by atoms with Crippen molar-refractivity contribution in [1.29, 1.82) is 0 Å². The van der Waals surface area contributed by atoms with E-state index in [2.05, 4.69) is 4.98 Å². The van der Waals surface area contributed by atoms with E-state index in [9.17, 15) is 9.59 Å². The molecule has 0 saturated carbocycles. The van der Waals surface area contributed by atoms with Gasteiger partial charge in [-0.3, -0.25) is 4.57 Å². The molecule has 0 bridgehead atoms. The summed E-state index contributed by atoms with van der Waals surface area (Å²) in [5, 5.41) is 0. The Morgan fingerprint density at radius 1 is 1.73 bits per heavy atom. The Hall–Kier alpha value is -1.85. The first-order chi connectivity index (χ1) is 7.06. The minimum Gasteiger partial charge on any atom is -0.464 e. The molecular formula is C9H13N3O3. The minimum atomic E-state index is -0.689. The summed E-state index contributed by atoms with van der Waals surface area (Å²) in [6.45, 7) is 3.55. The highest BCUT2D eigenvalue weighted by molar-refractivity contribution is 5.73. The van der Waals surface area contributed by atoms with Gasteiger partial charge in [-0.15, -0.1) is 0 Å². The molecule has 1 heterocycles. The minimum absolute atomic E-state index is 0.132. The molecule has 82 valence electrons. The van der Waals surface area contributed by atoms with E-state index >= 15 is 0 Å². The number of nitrogen functional groups attached to an aromatic ring is 1. The highest BCUT2D eigenvalue weighted by Crippen LogP contribution is 2.04.